The Hall–Kier alpha value is -2.87. The number of amides is 1. The van der Waals surface area contributed by atoms with Crippen LogP contribution < -0.4 is 10.0 Å². The molecular weight excluding hydrogens is 482 g/mol. The Morgan fingerprint density at radius 1 is 1.00 bits per heavy atom. The van der Waals surface area contributed by atoms with Crippen LogP contribution >= 0.6 is 11.6 Å². The summed E-state index contributed by atoms with van der Waals surface area (Å²) in [5.41, 5.74) is 4.23. The summed E-state index contributed by atoms with van der Waals surface area (Å²) in [6.45, 7) is 6.33. The number of sulfonamides is 1. The van der Waals surface area contributed by atoms with Crippen molar-refractivity contribution in [2.24, 2.45) is 5.92 Å². The summed E-state index contributed by atoms with van der Waals surface area (Å²) in [4.78, 5) is 15.3. The van der Waals surface area contributed by atoms with E-state index < -0.39 is 10.0 Å². The van der Waals surface area contributed by atoms with Crippen LogP contribution in [0.5, 0.6) is 0 Å². The summed E-state index contributed by atoms with van der Waals surface area (Å²) in [6.07, 6.45) is 1.55. The van der Waals surface area contributed by atoms with Gasteiger partial charge in [0, 0.05) is 23.2 Å². The van der Waals surface area contributed by atoms with Gasteiger partial charge in [0.25, 0.3) is 10.0 Å². The van der Waals surface area contributed by atoms with E-state index in [1.165, 1.54) is 17.7 Å². The molecule has 3 aromatic carbocycles. The number of halogens is 1. The van der Waals surface area contributed by atoms with Gasteiger partial charge in [0.05, 0.1) is 10.6 Å². The Morgan fingerprint density at radius 3 is 2.37 bits per heavy atom. The van der Waals surface area contributed by atoms with Gasteiger partial charge >= 0.3 is 0 Å². The maximum atomic E-state index is 12.8. The van der Waals surface area contributed by atoms with Crippen molar-refractivity contribution in [3.8, 4) is 0 Å². The predicted molar refractivity (Wildman–Crippen MR) is 141 cm³/mol. The molecule has 0 radical (unpaired) electrons. The molecule has 1 saturated heterocycles. The zero-order valence-corrected chi connectivity index (χ0v) is 21.5. The first kappa shape index (κ1) is 25.2. The first-order valence-corrected chi connectivity index (χ1v) is 13.5. The lowest BCUT2D eigenvalue weighted by Gasteiger charge is -2.31. The van der Waals surface area contributed by atoms with Crippen LogP contribution in [0.1, 0.15) is 29.5 Å². The molecule has 184 valence electrons. The molecule has 0 unspecified atom stereocenters. The van der Waals surface area contributed by atoms with E-state index in [2.05, 4.69) is 21.0 Å². The summed E-state index contributed by atoms with van der Waals surface area (Å²) < 4.78 is 28.2. The summed E-state index contributed by atoms with van der Waals surface area (Å²) in [6, 6.07) is 19.7. The number of nitrogens with zero attached hydrogens (tertiary/aromatic N) is 1. The number of carbonyl (C=O) groups excluding carboxylic acids is 1. The standard InChI is InChI=1S/C27H30ClN3O3S/c1-19-6-11-26(20(2)16-19)30-35(33,34)25-9-7-24(8-10-25)29-27(32)22-12-14-31(15-13-22)18-21-4-3-5-23(28)17-21/h3-11,16-17,22,30H,12-15,18H2,1-2H3,(H,29,32). The Labute approximate surface area is 212 Å². The van der Waals surface area contributed by atoms with Gasteiger partial charge in [-0.15, -0.1) is 0 Å². The minimum atomic E-state index is -3.73. The van der Waals surface area contributed by atoms with Gasteiger partial charge in [-0.2, -0.15) is 0 Å². The molecule has 6 nitrogen and oxygen atoms in total. The van der Waals surface area contributed by atoms with Crippen molar-refractivity contribution < 1.29 is 13.2 Å². The van der Waals surface area contributed by atoms with E-state index in [-0.39, 0.29) is 16.7 Å². The van der Waals surface area contributed by atoms with E-state index in [1.54, 1.807) is 18.2 Å². The lowest BCUT2D eigenvalue weighted by atomic mass is 9.95. The average molecular weight is 512 g/mol. The van der Waals surface area contributed by atoms with Gasteiger partial charge in [-0.05, 0) is 93.4 Å². The smallest absolute Gasteiger partial charge is 0.261 e. The van der Waals surface area contributed by atoms with E-state index in [4.69, 9.17) is 11.6 Å². The second-order valence-electron chi connectivity index (χ2n) is 9.12. The Bertz CT molecular complexity index is 1300. The van der Waals surface area contributed by atoms with Crippen molar-refractivity contribution in [3.05, 3.63) is 88.4 Å². The zero-order valence-electron chi connectivity index (χ0n) is 19.9. The molecule has 35 heavy (non-hydrogen) atoms. The number of hydrogen-bond acceptors (Lipinski definition) is 4. The normalized spacial score (nSPS) is 15.1. The van der Waals surface area contributed by atoms with Crippen molar-refractivity contribution >= 4 is 38.9 Å². The number of nitrogens with one attached hydrogen (secondary N) is 2. The molecule has 1 heterocycles. The van der Waals surface area contributed by atoms with Crippen LogP contribution in [0.3, 0.4) is 0 Å². The van der Waals surface area contributed by atoms with Gasteiger partial charge in [-0.1, -0.05) is 41.4 Å². The monoisotopic (exact) mass is 511 g/mol. The highest BCUT2D eigenvalue weighted by molar-refractivity contribution is 7.92. The van der Waals surface area contributed by atoms with Gasteiger partial charge < -0.3 is 5.32 Å². The molecule has 0 spiro atoms. The highest BCUT2D eigenvalue weighted by atomic mass is 35.5. The van der Waals surface area contributed by atoms with Crippen LogP contribution in [-0.2, 0) is 21.4 Å². The SMILES string of the molecule is Cc1ccc(NS(=O)(=O)c2ccc(NC(=O)C3CCN(Cc4cccc(Cl)c4)CC3)cc2)c(C)c1. The van der Waals surface area contributed by atoms with Crippen molar-refractivity contribution in [1.29, 1.82) is 0 Å². The number of aryl methyl sites for hydroxylation is 2. The molecule has 0 aromatic heterocycles. The molecule has 8 heteroatoms. The van der Waals surface area contributed by atoms with Crippen molar-refractivity contribution in [3.63, 3.8) is 0 Å². The largest absolute Gasteiger partial charge is 0.326 e. The van der Waals surface area contributed by atoms with Crippen molar-refractivity contribution in [1.82, 2.24) is 4.90 Å². The van der Waals surface area contributed by atoms with Crippen LogP contribution in [0.25, 0.3) is 0 Å². The molecule has 2 N–H and O–H groups in total. The molecule has 0 aliphatic carbocycles. The number of benzene rings is 3. The number of carbonyl (C=O) groups is 1. The Kier molecular flexibility index (Phi) is 7.79. The molecular formula is C27H30ClN3O3S. The average Bonchev–Trinajstić information content (AvgIpc) is 2.82. The molecule has 0 saturated carbocycles. The molecule has 1 amide bonds. The van der Waals surface area contributed by atoms with Crippen molar-refractivity contribution in [2.75, 3.05) is 23.1 Å². The van der Waals surface area contributed by atoms with Crippen LogP contribution in [0.2, 0.25) is 5.02 Å². The van der Waals surface area contributed by atoms with Gasteiger partial charge in [0.1, 0.15) is 0 Å². The summed E-state index contributed by atoms with van der Waals surface area (Å²) in [7, 11) is -3.73. The number of piperidine rings is 1. The minimum absolute atomic E-state index is 0.0311. The van der Waals surface area contributed by atoms with Crippen molar-refractivity contribution in [2.45, 2.75) is 38.1 Å². The van der Waals surface area contributed by atoms with Crippen LogP contribution in [0, 0.1) is 19.8 Å². The maximum Gasteiger partial charge on any atom is 0.261 e. The second-order valence-corrected chi connectivity index (χ2v) is 11.2. The summed E-state index contributed by atoms with van der Waals surface area (Å²) >= 11 is 6.08. The zero-order chi connectivity index (χ0) is 25.0. The molecule has 1 aliphatic rings. The van der Waals surface area contributed by atoms with E-state index in [9.17, 15) is 13.2 Å². The van der Waals surface area contributed by atoms with Gasteiger partial charge in [-0.3, -0.25) is 14.4 Å². The molecule has 4 rings (SSSR count). The lowest BCUT2D eigenvalue weighted by Crippen LogP contribution is -2.37. The van der Waals surface area contributed by atoms with Gasteiger partial charge in [0.15, 0.2) is 0 Å². The Balaban J connectivity index is 1.31. The third-order valence-electron chi connectivity index (χ3n) is 6.31. The first-order chi connectivity index (χ1) is 16.7. The quantitative estimate of drug-likeness (QED) is 0.432. The van der Waals surface area contributed by atoms with Gasteiger partial charge in [-0.25, -0.2) is 8.42 Å². The van der Waals surface area contributed by atoms with Crippen LogP contribution in [0.15, 0.2) is 71.6 Å². The molecule has 0 atom stereocenters. The number of rotatable bonds is 7. The van der Waals surface area contributed by atoms with E-state index in [0.29, 0.717) is 11.4 Å². The minimum Gasteiger partial charge on any atom is -0.326 e. The number of likely N-dealkylation sites (tertiary alicyclic amines) is 1. The van der Waals surface area contributed by atoms with Crippen LogP contribution in [-0.4, -0.2) is 32.3 Å². The van der Waals surface area contributed by atoms with Crippen LogP contribution in [0.4, 0.5) is 11.4 Å². The summed E-state index contributed by atoms with van der Waals surface area (Å²) in [5, 5.41) is 3.67. The van der Waals surface area contributed by atoms with E-state index >= 15 is 0 Å². The third-order valence-corrected chi connectivity index (χ3v) is 7.93. The van der Waals surface area contributed by atoms with Gasteiger partial charge in [0.2, 0.25) is 5.91 Å². The third kappa shape index (κ3) is 6.63. The fraction of sp³-hybridized carbons (Fsp3) is 0.296. The highest BCUT2D eigenvalue weighted by Crippen LogP contribution is 2.24. The second kappa shape index (κ2) is 10.8. The lowest BCUT2D eigenvalue weighted by molar-refractivity contribution is -0.121. The number of hydrogen-bond donors (Lipinski definition) is 2. The molecule has 0 bridgehead atoms. The fourth-order valence-electron chi connectivity index (χ4n) is 4.34. The fourth-order valence-corrected chi connectivity index (χ4v) is 5.68. The van der Waals surface area contributed by atoms with E-state index in [0.717, 1.165) is 48.6 Å². The molecule has 3 aromatic rings. The number of anilines is 2. The molecule has 1 aliphatic heterocycles. The van der Waals surface area contributed by atoms with E-state index in [1.807, 2.05) is 44.2 Å². The topological polar surface area (TPSA) is 78.5 Å². The highest BCUT2D eigenvalue weighted by Gasteiger charge is 2.25. The summed E-state index contributed by atoms with van der Waals surface area (Å²) in [5.74, 6) is -0.100. The maximum absolute atomic E-state index is 12.8. The molecule has 1 fully saturated rings. The Morgan fingerprint density at radius 2 is 1.71 bits per heavy atom. The predicted octanol–water partition coefficient (Wildman–Crippen LogP) is 5.61. The first-order valence-electron chi connectivity index (χ1n) is 11.7.